The molecule has 0 aliphatic carbocycles. The van der Waals surface area contributed by atoms with Gasteiger partial charge in [0, 0.05) is 32.8 Å². The minimum absolute atomic E-state index is 0.0401. The summed E-state index contributed by atoms with van der Waals surface area (Å²) >= 11 is 0. The van der Waals surface area contributed by atoms with E-state index in [9.17, 15) is 4.79 Å². The summed E-state index contributed by atoms with van der Waals surface area (Å²) < 4.78 is 10.8. The zero-order valence-electron chi connectivity index (χ0n) is 12.8. The van der Waals surface area contributed by atoms with Crippen LogP contribution in [0.15, 0.2) is 0 Å². The van der Waals surface area contributed by atoms with E-state index in [4.69, 9.17) is 9.47 Å². The van der Waals surface area contributed by atoms with Crippen LogP contribution in [0.2, 0.25) is 0 Å². The van der Waals surface area contributed by atoms with Crippen LogP contribution in [0.25, 0.3) is 0 Å². The van der Waals surface area contributed by atoms with Gasteiger partial charge in [-0.2, -0.15) is 0 Å². The first-order valence-electron chi connectivity index (χ1n) is 7.89. The van der Waals surface area contributed by atoms with Crippen LogP contribution in [0.4, 0.5) is 0 Å². The van der Waals surface area contributed by atoms with Crippen LogP contribution in [-0.4, -0.2) is 62.9 Å². The standard InChI is InChI=1S/C15H28N2O3/c1-3-14-13(6-9-20-14)15(18)17(8-10-19-2)11-12-5-4-7-16-12/h12-14,16H,3-11H2,1-2H3. The van der Waals surface area contributed by atoms with Crippen molar-refractivity contribution in [3.8, 4) is 0 Å². The first-order valence-corrected chi connectivity index (χ1v) is 7.89. The van der Waals surface area contributed by atoms with Crippen LogP contribution in [0, 0.1) is 5.92 Å². The van der Waals surface area contributed by atoms with Crippen molar-refractivity contribution in [3.05, 3.63) is 0 Å². The highest BCUT2D eigenvalue weighted by molar-refractivity contribution is 5.79. The van der Waals surface area contributed by atoms with Gasteiger partial charge in [-0.1, -0.05) is 6.92 Å². The molecule has 2 saturated heterocycles. The van der Waals surface area contributed by atoms with Crippen molar-refractivity contribution in [2.45, 2.75) is 44.8 Å². The average Bonchev–Trinajstić information content (AvgIpc) is 3.13. The third kappa shape index (κ3) is 3.93. The predicted octanol–water partition coefficient (Wildman–Crippen LogP) is 1.03. The molecule has 2 aliphatic heterocycles. The SMILES string of the molecule is CCC1OCCC1C(=O)N(CCOC)CC1CCCN1. The summed E-state index contributed by atoms with van der Waals surface area (Å²) in [6.45, 7) is 5.96. The first-order chi connectivity index (χ1) is 9.76. The van der Waals surface area contributed by atoms with Gasteiger partial charge in [0.05, 0.1) is 18.6 Å². The summed E-state index contributed by atoms with van der Waals surface area (Å²) in [5.41, 5.74) is 0. The highest BCUT2D eigenvalue weighted by atomic mass is 16.5. The number of hydrogen-bond donors (Lipinski definition) is 1. The lowest BCUT2D eigenvalue weighted by atomic mass is 9.97. The second kappa shape index (κ2) is 7.96. The third-order valence-electron chi connectivity index (χ3n) is 4.41. The Morgan fingerprint density at radius 2 is 2.30 bits per heavy atom. The van der Waals surface area contributed by atoms with Gasteiger partial charge >= 0.3 is 0 Å². The minimum atomic E-state index is 0.0401. The van der Waals surface area contributed by atoms with Gasteiger partial charge in [0.25, 0.3) is 0 Å². The van der Waals surface area contributed by atoms with Gasteiger partial charge in [0.2, 0.25) is 5.91 Å². The maximum absolute atomic E-state index is 12.8. The zero-order chi connectivity index (χ0) is 14.4. The average molecular weight is 284 g/mol. The molecule has 0 bridgehead atoms. The van der Waals surface area contributed by atoms with Crippen LogP contribution in [0.5, 0.6) is 0 Å². The molecule has 0 radical (unpaired) electrons. The number of carbonyl (C=O) groups is 1. The van der Waals surface area contributed by atoms with E-state index >= 15 is 0 Å². The minimum Gasteiger partial charge on any atom is -0.383 e. The third-order valence-corrected chi connectivity index (χ3v) is 4.41. The van der Waals surface area contributed by atoms with Crippen LogP contribution in [-0.2, 0) is 14.3 Å². The lowest BCUT2D eigenvalue weighted by molar-refractivity contribution is -0.138. The van der Waals surface area contributed by atoms with Gasteiger partial charge in [0.15, 0.2) is 0 Å². The van der Waals surface area contributed by atoms with Crippen molar-refractivity contribution in [2.24, 2.45) is 5.92 Å². The van der Waals surface area contributed by atoms with Crippen LogP contribution < -0.4 is 5.32 Å². The molecule has 5 nitrogen and oxygen atoms in total. The highest BCUT2D eigenvalue weighted by Crippen LogP contribution is 2.25. The van der Waals surface area contributed by atoms with Crippen LogP contribution >= 0.6 is 0 Å². The lowest BCUT2D eigenvalue weighted by Gasteiger charge is -2.29. The van der Waals surface area contributed by atoms with E-state index in [0.717, 1.165) is 32.4 Å². The van der Waals surface area contributed by atoms with Gasteiger partial charge in [0.1, 0.15) is 0 Å². The fourth-order valence-electron chi connectivity index (χ4n) is 3.24. The normalized spacial score (nSPS) is 29.8. The number of rotatable bonds is 7. The fourth-order valence-corrected chi connectivity index (χ4v) is 3.24. The largest absolute Gasteiger partial charge is 0.383 e. The lowest BCUT2D eigenvalue weighted by Crippen LogP contribution is -2.46. The Bertz CT molecular complexity index is 305. The maximum Gasteiger partial charge on any atom is 0.228 e. The van der Waals surface area contributed by atoms with Gasteiger partial charge in [-0.15, -0.1) is 0 Å². The molecule has 0 aromatic rings. The van der Waals surface area contributed by atoms with Gasteiger partial charge in [-0.05, 0) is 32.2 Å². The second-order valence-corrected chi connectivity index (χ2v) is 5.78. The number of amides is 1. The summed E-state index contributed by atoms with van der Waals surface area (Å²) in [6, 6.07) is 0.443. The molecule has 116 valence electrons. The Hall–Kier alpha value is -0.650. The van der Waals surface area contributed by atoms with E-state index in [-0.39, 0.29) is 17.9 Å². The first kappa shape index (κ1) is 15.7. The zero-order valence-corrected chi connectivity index (χ0v) is 12.8. The van der Waals surface area contributed by atoms with Crippen molar-refractivity contribution in [1.82, 2.24) is 10.2 Å². The van der Waals surface area contributed by atoms with Crippen molar-refractivity contribution < 1.29 is 14.3 Å². The van der Waals surface area contributed by atoms with Gasteiger partial charge < -0.3 is 19.7 Å². The molecule has 2 heterocycles. The summed E-state index contributed by atoms with van der Waals surface area (Å²) in [7, 11) is 1.68. The number of ether oxygens (including phenoxy) is 2. The Balaban J connectivity index is 1.94. The molecule has 0 aromatic heterocycles. The molecule has 2 rings (SSSR count). The van der Waals surface area contributed by atoms with E-state index in [1.807, 2.05) is 4.90 Å². The Morgan fingerprint density at radius 1 is 1.45 bits per heavy atom. The molecule has 3 unspecified atom stereocenters. The number of nitrogens with one attached hydrogen (secondary N) is 1. The Kier molecular flexibility index (Phi) is 6.26. The molecule has 2 fully saturated rings. The molecule has 3 atom stereocenters. The maximum atomic E-state index is 12.8. The predicted molar refractivity (Wildman–Crippen MR) is 77.6 cm³/mol. The van der Waals surface area contributed by atoms with Crippen molar-refractivity contribution in [2.75, 3.05) is 40.0 Å². The Labute approximate surface area is 122 Å². The number of nitrogens with zero attached hydrogens (tertiary/aromatic N) is 1. The van der Waals surface area contributed by atoms with E-state index in [2.05, 4.69) is 12.2 Å². The smallest absolute Gasteiger partial charge is 0.228 e. The molecule has 5 heteroatoms. The number of carbonyl (C=O) groups excluding carboxylic acids is 1. The molecule has 1 amide bonds. The molecule has 2 aliphatic rings. The van der Waals surface area contributed by atoms with E-state index < -0.39 is 0 Å². The topological polar surface area (TPSA) is 50.8 Å². The van der Waals surface area contributed by atoms with Gasteiger partial charge in [-0.25, -0.2) is 0 Å². The highest BCUT2D eigenvalue weighted by Gasteiger charge is 2.36. The molecule has 0 aromatic carbocycles. The van der Waals surface area contributed by atoms with Crippen LogP contribution in [0.1, 0.15) is 32.6 Å². The number of methoxy groups -OCH3 is 1. The van der Waals surface area contributed by atoms with E-state index in [1.165, 1.54) is 6.42 Å². The van der Waals surface area contributed by atoms with Gasteiger partial charge in [-0.3, -0.25) is 4.79 Å². The molecule has 20 heavy (non-hydrogen) atoms. The Morgan fingerprint density at radius 3 is 2.95 bits per heavy atom. The van der Waals surface area contributed by atoms with E-state index in [0.29, 0.717) is 25.8 Å². The molecule has 1 N–H and O–H groups in total. The summed E-state index contributed by atoms with van der Waals surface area (Å²) in [5.74, 6) is 0.290. The quantitative estimate of drug-likeness (QED) is 0.758. The monoisotopic (exact) mass is 284 g/mol. The molecule has 0 spiro atoms. The summed E-state index contributed by atoms with van der Waals surface area (Å²) in [4.78, 5) is 14.8. The molecular weight excluding hydrogens is 256 g/mol. The molecule has 0 saturated carbocycles. The molecular formula is C15H28N2O3. The van der Waals surface area contributed by atoms with Crippen molar-refractivity contribution >= 4 is 5.91 Å². The van der Waals surface area contributed by atoms with Crippen molar-refractivity contribution in [3.63, 3.8) is 0 Å². The van der Waals surface area contributed by atoms with E-state index in [1.54, 1.807) is 7.11 Å². The summed E-state index contributed by atoms with van der Waals surface area (Å²) in [6.07, 6.45) is 4.25. The summed E-state index contributed by atoms with van der Waals surface area (Å²) in [5, 5.41) is 3.47. The van der Waals surface area contributed by atoms with Crippen molar-refractivity contribution in [1.29, 1.82) is 0 Å². The van der Waals surface area contributed by atoms with Crippen LogP contribution in [0.3, 0.4) is 0 Å². The number of hydrogen-bond acceptors (Lipinski definition) is 4. The second-order valence-electron chi connectivity index (χ2n) is 5.78. The fraction of sp³-hybridized carbons (Fsp3) is 0.933.